The minimum atomic E-state index is -0.117. The Labute approximate surface area is 128 Å². The second kappa shape index (κ2) is 6.15. The molecule has 1 aromatic carbocycles. The van der Waals surface area contributed by atoms with Crippen molar-refractivity contribution >= 4 is 43.5 Å². The van der Waals surface area contributed by atoms with Crippen molar-refractivity contribution in [2.75, 3.05) is 0 Å². The third kappa shape index (κ3) is 3.54. The predicted octanol–water partition coefficient (Wildman–Crippen LogP) is 4.50. The number of nitrogens with two attached hydrogens (primary N) is 1. The molecular formula is C13H11Br2ClN2. The molecule has 0 radical (unpaired) electrons. The Morgan fingerprint density at radius 1 is 1.22 bits per heavy atom. The summed E-state index contributed by atoms with van der Waals surface area (Å²) in [6, 6.07) is 7.54. The molecule has 0 fully saturated rings. The number of halogens is 3. The van der Waals surface area contributed by atoms with Gasteiger partial charge in [-0.3, -0.25) is 4.98 Å². The molecule has 94 valence electrons. The van der Waals surface area contributed by atoms with Gasteiger partial charge < -0.3 is 5.73 Å². The summed E-state index contributed by atoms with van der Waals surface area (Å²) in [7, 11) is 0. The maximum Gasteiger partial charge on any atom is 0.0410 e. The normalized spacial score (nSPS) is 12.4. The van der Waals surface area contributed by atoms with Gasteiger partial charge in [0.1, 0.15) is 0 Å². The van der Waals surface area contributed by atoms with Crippen LogP contribution in [-0.2, 0) is 6.42 Å². The highest BCUT2D eigenvalue weighted by Gasteiger charge is 2.11. The highest BCUT2D eigenvalue weighted by Crippen LogP contribution is 2.27. The van der Waals surface area contributed by atoms with E-state index in [-0.39, 0.29) is 6.04 Å². The minimum Gasteiger partial charge on any atom is -0.324 e. The maximum absolute atomic E-state index is 6.22. The van der Waals surface area contributed by atoms with Crippen molar-refractivity contribution in [1.29, 1.82) is 0 Å². The number of hydrogen-bond acceptors (Lipinski definition) is 2. The highest BCUT2D eigenvalue weighted by atomic mass is 79.9. The Morgan fingerprint density at radius 2 is 2.00 bits per heavy atom. The first-order valence-corrected chi connectivity index (χ1v) is 7.32. The van der Waals surface area contributed by atoms with Crippen LogP contribution in [0.2, 0.25) is 5.02 Å². The molecule has 0 amide bonds. The Hall–Kier alpha value is -0.420. The lowest BCUT2D eigenvalue weighted by Gasteiger charge is -2.14. The molecule has 2 nitrogen and oxygen atoms in total. The maximum atomic E-state index is 6.22. The first-order valence-electron chi connectivity index (χ1n) is 5.36. The zero-order valence-electron chi connectivity index (χ0n) is 9.41. The smallest absolute Gasteiger partial charge is 0.0410 e. The minimum absolute atomic E-state index is 0.117. The Bertz CT molecular complexity index is 560. The molecule has 1 atom stereocenters. The Balaban J connectivity index is 2.21. The van der Waals surface area contributed by atoms with E-state index in [0.29, 0.717) is 11.4 Å². The number of nitrogens with zero attached hydrogens (tertiary/aromatic N) is 1. The number of rotatable bonds is 3. The van der Waals surface area contributed by atoms with Gasteiger partial charge in [-0.2, -0.15) is 0 Å². The van der Waals surface area contributed by atoms with E-state index in [2.05, 4.69) is 36.8 Å². The van der Waals surface area contributed by atoms with Crippen molar-refractivity contribution in [3.8, 4) is 0 Å². The number of aromatic nitrogens is 1. The van der Waals surface area contributed by atoms with E-state index in [1.807, 2.05) is 30.5 Å². The van der Waals surface area contributed by atoms with Crippen LogP contribution in [0.1, 0.15) is 17.2 Å². The third-order valence-electron chi connectivity index (χ3n) is 2.57. The monoisotopic (exact) mass is 388 g/mol. The molecule has 0 aliphatic rings. The van der Waals surface area contributed by atoms with Crippen LogP contribution in [0.3, 0.4) is 0 Å². The van der Waals surface area contributed by atoms with Crippen LogP contribution in [0.25, 0.3) is 0 Å². The molecular weight excluding hydrogens is 379 g/mol. The van der Waals surface area contributed by atoms with E-state index >= 15 is 0 Å². The fourth-order valence-corrected chi connectivity index (χ4v) is 2.86. The molecule has 1 aromatic heterocycles. The topological polar surface area (TPSA) is 38.9 Å². The zero-order valence-corrected chi connectivity index (χ0v) is 13.3. The number of hydrogen-bond donors (Lipinski definition) is 1. The molecule has 0 saturated heterocycles. The second-order valence-electron chi connectivity index (χ2n) is 3.99. The molecule has 2 aromatic rings. The first-order chi connectivity index (χ1) is 8.56. The molecule has 1 unspecified atom stereocenters. The standard InChI is InChI=1S/C13H11Br2ClN2/c14-9-3-8(6-18-7-9)4-13(17)11-5-10(16)1-2-12(11)15/h1-3,5-7,13H,4,17H2. The third-order valence-corrected chi connectivity index (χ3v) is 3.97. The van der Waals surface area contributed by atoms with Gasteiger partial charge in [-0.1, -0.05) is 27.5 Å². The second-order valence-corrected chi connectivity index (χ2v) is 6.19. The SMILES string of the molecule is NC(Cc1cncc(Br)c1)c1cc(Cl)ccc1Br. The average Bonchev–Trinajstić information content (AvgIpc) is 2.32. The Kier molecular flexibility index (Phi) is 4.78. The van der Waals surface area contributed by atoms with Crippen molar-refractivity contribution in [2.24, 2.45) is 5.73 Å². The summed E-state index contributed by atoms with van der Waals surface area (Å²) in [4.78, 5) is 4.13. The van der Waals surface area contributed by atoms with Crippen molar-refractivity contribution in [1.82, 2.24) is 4.98 Å². The van der Waals surface area contributed by atoms with Crippen LogP contribution in [0, 0.1) is 0 Å². The van der Waals surface area contributed by atoms with E-state index < -0.39 is 0 Å². The van der Waals surface area contributed by atoms with Crippen molar-refractivity contribution in [2.45, 2.75) is 12.5 Å². The van der Waals surface area contributed by atoms with Gasteiger partial charge in [0.25, 0.3) is 0 Å². The lowest BCUT2D eigenvalue weighted by molar-refractivity contribution is 0.716. The molecule has 0 saturated carbocycles. The van der Waals surface area contributed by atoms with Gasteiger partial charge in [0, 0.05) is 32.4 Å². The largest absolute Gasteiger partial charge is 0.324 e. The van der Waals surface area contributed by atoms with Gasteiger partial charge in [-0.15, -0.1) is 0 Å². The fourth-order valence-electron chi connectivity index (χ4n) is 1.73. The molecule has 0 aliphatic heterocycles. The summed E-state index contributed by atoms with van der Waals surface area (Å²) in [5.74, 6) is 0. The van der Waals surface area contributed by atoms with Crippen molar-refractivity contribution in [3.63, 3.8) is 0 Å². The fraction of sp³-hybridized carbons (Fsp3) is 0.154. The van der Waals surface area contributed by atoms with E-state index in [9.17, 15) is 0 Å². The van der Waals surface area contributed by atoms with Crippen LogP contribution in [0.4, 0.5) is 0 Å². The van der Waals surface area contributed by atoms with Gasteiger partial charge in [-0.05, 0) is 57.7 Å². The number of benzene rings is 1. The number of pyridine rings is 1. The van der Waals surface area contributed by atoms with Gasteiger partial charge in [-0.25, -0.2) is 0 Å². The van der Waals surface area contributed by atoms with Crippen molar-refractivity contribution < 1.29 is 0 Å². The summed E-state index contributed by atoms with van der Waals surface area (Å²) in [6.07, 6.45) is 4.29. The van der Waals surface area contributed by atoms with Gasteiger partial charge in [0.2, 0.25) is 0 Å². The molecule has 2 N–H and O–H groups in total. The Morgan fingerprint density at radius 3 is 2.72 bits per heavy atom. The van der Waals surface area contributed by atoms with Crippen LogP contribution >= 0.6 is 43.5 Å². The van der Waals surface area contributed by atoms with Crippen molar-refractivity contribution in [3.05, 3.63) is 61.8 Å². The van der Waals surface area contributed by atoms with Crippen LogP contribution in [0.5, 0.6) is 0 Å². The molecule has 1 heterocycles. The van der Waals surface area contributed by atoms with Gasteiger partial charge >= 0.3 is 0 Å². The molecule has 2 rings (SSSR count). The highest BCUT2D eigenvalue weighted by molar-refractivity contribution is 9.10. The summed E-state index contributed by atoms with van der Waals surface area (Å²) >= 11 is 12.9. The first kappa shape index (κ1) is 14.0. The van der Waals surface area contributed by atoms with E-state index in [4.69, 9.17) is 17.3 Å². The molecule has 0 bridgehead atoms. The molecule has 5 heteroatoms. The summed E-state index contributed by atoms with van der Waals surface area (Å²) < 4.78 is 1.93. The molecule has 0 aliphatic carbocycles. The average molecular weight is 391 g/mol. The quantitative estimate of drug-likeness (QED) is 0.838. The van der Waals surface area contributed by atoms with Crippen LogP contribution in [0.15, 0.2) is 45.6 Å². The van der Waals surface area contributed by atoms with E-state index in [1.54, 1.807) is 6.20 Å². The zero-order chi connectivity index (χ0) is 13.1. The van der Waals surface area contributed by atoms with E-state index in [1.165, 1.54) is 0 Å². The predicted molar refractivity (Wildman–Crippen MR) is 81.7 cm³/mol. The van der Waals surface area contributed by atoms with Crippen LogP contribution in [-0.4, -0.2) is 4.98 Å². The van der Waals surface area contributed by atoms with Crippen LogP contribution < -0.4 is 5.73 Å². The molecule has 0 spiro atoms. The molecule has 18 heavy (non-hydrogen) atoms. The summed E-state index contributed by atoms with van der Waals surface area (Å²) in [5, 5.41) is 0.691. The lowest BCUT2D eigenvalue weighted by Crippen LogP contribution is -2.14. The summed E-state index contributed by atoms with van der Waals surface area (Å²) in [6.45, 7) is 0. The van der Waals surface area contributed by atoms with E-state index in [0.717, 1.165) is 20.1 Å². The lowest BCUT2D eigenvalue weighted by atomic mass is 10.0. The van der Waals surface area contributed by atoms with Gasteiger partial charge in [0.15, 0.2) is 0 Å². The summed E-state index contributed by atoms with van der Waals surface area (Å²) in [5.41, 5.74) is 8.30. The van der Waals surface area contributed by atoms with Gasteiger partial charge in [0.05, 0.1) is 0 Å².